The molecule has 1 aromatic carbocycles. The molecule has 8 nitrogen and oxygen atoms in total. The first-order valence-electron chi connectivity index (χ1n) is 11.2. The van der Waals surface area contributed by atoms with Gasteiger partial charge in [-0.2, -0.15) is 0 Å². The number of amides is 1. The molecule has 33 heavy (non-hydrogen) atoms. The third-order valence-corrected chi connectivity index (χ3v) is 6.67. The molecule has 5 rings (SSSR count). The first-order chi connectivity index (χ1) is 16.1. The minimum absolute atomic E-state index is 0.0767. The van der Waals surface area contributed by atoms with Crippen LogP contribution in [0.5, 0.6) is 11.5 Å². The fourth-order valence-electron chi connectivity index (χ4n) is 4.44. The number of likely N-dealkylation sites (tertiary alicyclic amines) is 1. The Bertz CT molecular complexity index is 1190. The monoisotopic (exact) mass is 467 g/mol. The number of hydrogen-bond donors (Lipinski definition) is 4. The van der Waals surface area contributed by atoms with Gasteiger partial charge in [-0.25, -0.2) is 0 Å². The van der Waals surface area contributed by atoms with Crippen molar-refractivity contribution in [1.82, 2.24) is 20.2 Å². The number of aromatic amines is 1. The van der Waals surface area contributed by atoms with Gasteiger partial charge in [0.05, 0.1) is 33.9 Å². The van der Waals surface area contributed by atoms with Gasteiger partial charge in [0.2, 0.25) is 0 Å². The number of pyridine rings is 1. The zero-order valence-corrected chi connectivity index (χ0v) is 19.1. The van der Waals surface area contributed by atoms with E-state index < -0.39 is 0 Å². The zero-order chi connectivity index (χ0) is 22.9. The van der Waals surface area contributed by atoms with Crippen LogP contribution in [0.4, 0.5) is 11.4 Å². The van der Waals surface area contributed by atoms with Crippen molar-refractivity contribution in [2.24, 2.45) is 0 Å². The van der Waals surface area contributed by atoms with E-state index in [0.29, 0.717) is 54.0 Å². The molecule has 1 fully saturated rings. The molecule has 0 radical (unpaired) electrons. The Morgan fingerprint density at radius 2 is 2.24 bits per heavy atom. The molecule has 4 heterocycles. The number of anilines is 2. The molecule has 172 valence electrons. The highest BCUT2D eigenvalue weighted by Gasteiger charge is 2.30. The number of aromatic hydroxyl groups is 1. The molecule has 0 aliphatic carbocycles. The quantitative estimate of drug-likeness (QED) is 0.392. The SMILES string of the molecule is CCN1CCC1COc1cnccc1-c1[nH]c2c(c1Nc1cccc(Cl)c1O)C(=O)NCC2. The van der Waals surface area contributed by atoms with Crippen molar-refractivity contribution in [2.45, 2.75) is 25.8 Å². The van der Waals surface area contributed by atoms with Gasteiger partial charge < -0.3 is 25.5 Å². The number of fused-ring (bicyclic) bond motifs is 1. The van der Waals surface area contributed by atoms with E-state index in [9.17, 15) is 9.90 Å². The number of nitrogens with one attached hydrogen (secondary N) is 3. The van der Waals surface area contributed by atoms with Gasteiger partial charge in [0.15, 0.2) is 5.75 Å². The van der Waals surface area contributed by atoms with Crippen LogP contribution in [-0.4, -0.2) is 58.2 Å². The average molecular weight is 468 g/mol. The van der Waals surface area contributed by atoms with E-state index in [4.69, 9.17) is 16.3 Å². The van der Waals surface area contributed by atoms with Crippen LogP contribution in [0.25, 0.3) is 11.3 Å². The Labute approximate surface area is 196 Å². The van der Waals surface area contributed by atoms with Gasteiger partial charge >= 0.3 is 0 Å². The lowest BCUT2D eigenvalue weighted by molar-refractivity contribution is 0.0561. The summed E-state index contributed by atoms with van der Waals surface area (Å²) in [6.45, 7) is 5.39. The molecular formula is C24H26ClN5O3. The summed E-state index contributed by atoms with van der Waals surface area (Å²) in [6, 6.07) is 7.32. The van der Waals surface area contributed by atoms with Crippen molar-refractivity contribution in [3.05, 3.63) is 52.9 Å². The minimum Gasteiger partial charge on any atom is -0.504 e. The summed E-state index contributed by atoms with van der Waals surface area (Å²) in [5.74, 6) is 0.386. The number of benzene rings is 1. The number of carbonyl (C=O) groups is 1. The lowest BCUT2D eigenvalue weighted by atomic mass is 10.0. The summed E-state index contributed by atoms with van der Waals surface area (Å²) < 4.78 is 6.21. The molecule has 2 aliphatic rings. The molecule has 1 atom stereocenters. The number of nitrogens with zero attached hydrogens (tertiary/aromatic N) is 2. The fourth-order valence-corrected chi connectivity index (χ4v) is 4.62. The normalized spacial score (nSPS) is 17.8. The number of H-pyrrole nitrogens is 1. The van der Waals surface area contributed by atoms with E-state index in [-0.39, 0.29) is 16.7 Å². The number of likely N-dealkylation sites (N-methyl/N-ethyl adjacent to an activating group) is 1. The molecule has 2 aliphatic heterocycles. The number of phenols is 1. The highest BCUT2D eigenvalue weighted by molar-refractivity contribution is 6.32. The highest BCUT2D eigenvalue weighted by atomic mass is 35.5. The first-order valence-corrected chi connectivity index (χ1v) is 11.5. The molecule has 1 amide bonds. The van der Waals surface area contributed by atoms with Crippen molar-refractivity contribution >= 4 is 28.9 Å². The first kappa shape index (κ1) is 21.6. The lowest BCUT2D eigenvalue weighted by Crippen LogP contribution is -2.50. The van der Waals surface area contributed by atoms with Crippen LogP contribution in [-0.2, 0) is 6.42 Å². The van der Waals surface area contributed by atoms with Gasteiger partial charge in [0, 0.05) is 43.0 Å². The van der Waals surface area contributed by atoms with Crippen molar-refractivity contribution in [3.63, 3.8) is 0 Å². The van der Waals surface area contributed by atoms with E-state index in [2.05, 4.69) is 32.4 Å². The van der Waals surface area contributed by atoms with E-state index >= 15 is 0 Å². The second-order valence-corrected chi connectivity index (χ2v) is 8.66. The molecule has 3 aromatic rings. The Kier molecular flexibility index (Phi) is 5.86. The molecule has 0 bridgehead atoms. The van der Waals surface area contributed by atoms with E-state index in [1.54, 1.807) is 30.6 Å². The van der Waals surface area contributed by atoms with E-state index in [1.165, 1.54) is 0 Å². The van der Waals surface area contributed by atoms with Gasteiger partial charge in [-0.3, -0.25) is 14.7 Å². The smallest absolute Gasteiger partial charge is 0.255 e. The van der Waals surface area contributed by atoms with Crippen LogP contribution in [0.2, 0.25) is 5.02 Å². The molecule has 4 N–H and O–H groups in total. The number of phenolic OH excluding ortho intramolecular Hbond substituents is 1. The Morgan fingerprint density at radius 1 is 1.36 bits per heavy atom. The van der Waals surface area contributed by atoms with Crippen molar-refractivity contribution in [2.75, 3.05) is 31.6 Å². The van der Waals surface area contributed by atoms with Crippen LogP contribution in [0.1, 0.15) is 29.4 Å². The number of aromatic nitrogens is 2. The summed E-state index contributed by atoms with van der Waals surface area (Å²) in [5, 5.41) is 16.8. The van der Waals surface area contributed by atoms with Crippen LogP contribution < -0.4 is 15.4 Å². The number of rotatable bonds is 7. The topological polar surface area (TPSA) is 103 Å². The predicted octanol–water partition coefficient (Wildman–Crippen LogP) is 3.94. The number of carbonyl (C=O) groups excluding carboxylic acids is 1. The molecular weight excluding hydrogens is 442 g/mol. The van der Waals surface area contributed by atoms with Crippen LogP contribution in [0.15, 0.2) is 36.7 Å². The van der Waals surface area contributed by atoms with E-state index in [1.807, 2.05) is 6.07 Å². The third kappa shape index (κ3) is 4.00. The van der Waals surface area contributed by atoms with E-state index in [0.717, 1.165) is 30.8 Å². The third-order valence-electron chi connectivity index (χ3n) is 6.37. The molecule has 9 heteroatoms. The summed E-state index contributed by atoms with van der Waals surface area (Å²) >= 11 is 6.11. The number of hydrogen-bond acceptors (Lipinski definition) is 6. The number of para-hydroxylation sites is 1. The van der Waals surface area contributed by atoms with Gasteiger partial charge in [-0.1, -0.05) is 24.6 Å². The minimum atomic E-state index is -0.174. The standard InChI is InChI=1S/C24H26ClN5O3/c1-2-30-11-8-14(30)13-33-19-12-26-9-6-15(19)21-22(20-17(28-21)7-10-27-24(20)32)29-18-5-3-4-16(25)23(18)31/h3-6,9,12,14,28-29,31H,2,7-8,10-11,13H2,1H3,(H,27,32). The Balaban J connectivity index is 1.55. The second-order valence-electron chi connectivity index (χ2n) is 8.25. The highest BCUT2D eigenvalue weighted by Crippen LogP contribution is 2.42. The molecule has 0 saturated carbocycles. The largest absolute Gasteiger partial charge is 0.504 e. The van der Waals surface area contributed by atoms with Crippen LogP contribution >= 0.6 is 11.6 Å². The van der Waals surface area contributed by atoms with Crippen LogP contribution in [0.3, 0.4) is 0 Å². The Morgan fingerprint density at radius 3 is 3.03 bits per heavy atom. The maximum Gasteiger partial charge on any atom is 0.255 e. The Hall–Kier alpha value is -3.23. The summed E-state index contributed by atoms with van der Waals surface area (Å²) in [5.41, 5.74) is 3.82. The predicted molar refractivity (Wildman–Crippen MR) is 128 cm³/mol. The molecule has 2 aromatic heterocycles. The maximum atomic E-state index is 12.8. The summed E-state index contributed by atoms with van der Waals surface area (Å²) in [4.78, 5) is 22.9. The summed E-state index contributed by atoms with van der Waals surface area (Å²) in [6.07, 6.45) is 5.18. The fraction of sp³-hybridized carbons (Fsp3) is 0.333. The van der Waals surface area contributed by atoms with Crippen molar-refractivity contribution < 1.29 is 14.6 Å². The van der Waals surface area contributed by atoms with Gasteiger partial charge in [-0.15, -0.1) is 0 Å². The van der Waals surface area contributed by atoms with Gasteiger partial charge in [0.25, 0.3) is 5.91 Å². The van der Waals surface area contributed by atoms with Crippen molar-refractivity contribution in [1.29, 1.82) is 0 Å². The molecule has 1 unspecified atom stereocenters. The maximum absolute atomic E-state index is 12.8. The number of ether oxygens (including phenoxy) is 1. The zero-order valence-electron chi connectivity index (χ0n) is 18.3. The van der Waals surface area contributed by atoms with Crippen molar-refractivity contribution in [3.8, 4) is 22.8 Å². The van der Waals surface area contributed by atoms with Gasteiger partial charge in [-0.05, 0) is 31.2 Å². The second kappa shape index (κ2) is 8.96. The lowest BCUT2D eigenvalue weighted by Gasteiger charge is -2.39. The number of halogens is 1. The van der Waals surface area contributed by atoms with Crippen LogP contribution in [0, 0.1) is 0 Å². The average Bonchev–Trinajstić information content (AvgIpc) is 3.16. The molecule has 0 spiro atoms. The molecule has 1 saturated heterocycles. The summed E-state index contributed by atoms with van der Waals surface area (Å²) in [7, 11) is 0. The van der Waals surface area contributed by atoms with Gasteiger partial charge in [0.1, 0.15) is 12.4 Å².